The number of methoxy groups -OCH3 is 1. The van der Waals surface area contributed by atoms with Crippen molar-refractivity contribution in [1.29, 1.82) is 0 Å². The highest BCUT2D eigenvalue weighted by atomic mass is 16.5. The molecule has 10 heteroatoms. The van der Waals surface area contributed by atoms with Crippen LogP contribution in [0.1, 0.15) is 51.5 Å². The molecule has 3 aliphatic heterocycles. The van der Waals surface area contributed by atoms with E-state index < -0.39 is 5.41 Å². The molecule has 4 heterocycles. The minimum absolute atomic E-state index is 0.0696. The maximum atomic E-state index is 13.9. The molecule has 4 aliphatic rings. The SMILES string of the molecule is COc1cc(Nc2ncc3c(n2)N(C2CCCC2)C(=O)[C@]2(CCNC2=O)C3)ccc1N1CCN(C(C)C)CC1. The van der Waals surface area contributed by atoms with Gasteiger partial charge in [0.25, 0.3) is 0 Å². The molecule has 1 saturated carbocycles. The predicted octanol–water partition coefficient (Wildman–Crippen LogP) is 3.10. The molecule has 39 heavy (non-hydrogen) atoms. The zero-order valence-electron chi connectivity index (χ0n) is 23.2. The van der Waals surface area contributed by atoms with Crippen molar-refractivity contribution in [2.24, 2.45) is 5.41 Å². The number of benzene rings is 1. The Morgan fingerprint density at radius 3 is 2.56 bits per heavy atom. The fourth-order valence-corrected chi connectivity index (χ4v) is 6.69. The molecule has 208 valence electrons. The molecule has 2 saturated heterocycles. The summed E-state index contributed by atoms with van der Waals surface area (Å²) in [6.45, 7) is 8.99. The molecule has 1 aromatic heterocycles. The molecule has 1 spiro atoms. The van der Waals surface area contributed by atoms with Gasteiger partial charge in [-0.25, -0.2) is 4.98 Å². The lowest BCUT2D eigenvalue weighted by atomic mass is 9.76. The monoisotopic (exact) mass is 533 g/mol. The Hall–Kier alpha value is -3.40. The summed E-state index contributed by atoms with van der Waals surface area (Å²) in [5, 5.41) is 6.22. The third kappa shape index (κ3) is 4.58. The van der Waals surface area contributed by atoms with Gasteiger partial charge in [-0.05, 0) is 45.2 Å². The van der Waals surface area contributed by atoms with Crippen LogP contribution in [-0.4, -0.2) is 78.6 Å². The number of fused-ring (bicyclic) bond motifs is 1. The van der Waals surface area contributed by atoms with Gasteiger partial charge < -0.3 is 20.3 Å². The Labute approximate surface area is 230 Å². The van der Waals surface area contributed by atoms with Crippen LogP contribution in [0.15, 0.2) is 24.4 Å². The van der Waals surface area contributed by atoms with Gasteiger partial charge in [-0.3, -0.25) is 19.4 Å². The third-order valence-electron chi connectivity index (χ3n) is 8.97. The smallest absolute Gasteiger partial charge is 0.244 e. The molecule has 3 fully saturated rings. The first-order chi connectivity index (χ1) is 18.9. The molecular formula is C29H39N7O3. The van der Waals surface area contributed by atoms with Gasteiger partial charge in [-0.1, -0.05) is 12.8 Å². The zero-order chi connectivity index (χ0) is 27.1. The fourth-order valence-electron chi connectivity index (χ4n) is 6.69. The van der Waals surface area contributed by atoms with Crippen LogP contribution in [0.3, 0.4) is 0 Å². The average Bonchev–Trinajstić information content (AvgIpc) is 3.60. The van der Waals surface area contributed by atoms with Gasteiger partial charge in [-0.2, -0.15) is 4.98 Å². The van der Waals surface area contributed by atoms with Crippen molar-refractivity contribution in [2.45, 2.75) is 64.5 Å². The second-order valence-corrected chi connectivity index (χ2v) is 11.5. The molecule has 0 bridgehead atoms. The van der Waals surface area contributed by atoms with Gasteiger partial charge in [0.15, 0.2) is 0 Å². The number of ether oxygens (including phenoxy) is 1. The highest BCUT2D eigenvalue weighted by Crippen LogP contribution is 2.44. The topological polar surface area (TPSA) is 103 Å². The Kier molecular flexibility index (Phi) is 6.82. The Bertz CT molecular complexity index is 1250. The number of amides is 2. The van der Waals surface area contributed by atoms with Crippen LogP contribution < -0.4 is 25.2 Å². The first-order valence-corrected chi connectivity index (χ1v) is 14.3. The summed E-state index contributed by atoms with van der Waals surface area (Å²) in [5.74, 6) is 1.59. The quantitative estimate of drug-likeness (QED) is 0.546. The van der Waals surface area contributed by atoms with Crippen LogP contribution in [0.4, 0.5) is 23.1 Å². The Morgan fingerprint density at radius 1 is 1.13 bits per heavy atom. The highest BCUT2D eigenvalue weighted by molar-refractivity contribution is 6.14. The Morgan fingerprint density at radius 2 is 1.90 bits per heavy atom. The van der Waals surface area contributed by atoms with E-state index in [1.54, 1.807) is 13.3 Å². The lowest BCUT2D eigenvalue weighted by Crippen LogP contribution is -2.56. The Balaban J connectivity index is 1.26. The van der Waals surface area contributed by atoms with Crippen LogP contribution in [-0.2, 0) is 16.0 Å². The van der Waals surface area contributed by atoms with Gasteiger partial charge >= 0.3 is 0 Å². The minimum atomic E-state index is -1.03. The van der Waals surface area contributed by atoms with Crippen molar-refractivity contribution >= 4 is 35.0 Å². The molecule has 1 aromatic carbocycles. The van der Waals surface area contributed by atoms with Gasteiger partial charge in [0.05, 0.1) is 12.8 Å². The number of rotatable bonds is 6. The normalized spacial score (nSPS) is 24.0. The molecule has 2 aromatic rings. The number of carbonyl (C=O) groups is 2. The molecule has 1 atom stereocenters. The van der Waals surface area contributed by atoms with E-state index in [0.29, 0.717) is 37.2 Å². The summed E-state index contributed by atoms with van der Waals surface area (Å²) in [4.78, 5) is 42.9. The van der Waals surface area contributed by atoms with Crippen LogP contribution in [0.2, 0.25) is 0 Å². The molecule has 2 amide bonds. The number of hydrogen-bond acceptors (Lipinski definition) is 8. The van der Waals surface area contributed by atoms with E-state index in [1.807, 2.05) is 17.0 Å². The summed E-state index contributed by atoms with van der Waals surface area (Å²) in [6, 6.07) is 6.71. The molecule has 0 radical (unpaired) electrons. The molecule has 1 aliphatic carbocycles. The second kappa shape index (κ2) is 10.3. The number of anilines is 4. The van der Waals surface area contributed by atoms with Crippen LogP contribution >= 0.6 is 0 Å². The molecular weight excluding hydrogens is 494 g/mol. The van der Waals surface area contributed by atoms with Gasteiger partial charge in [0.1, 0.15) is 17.0 Å². The maximum Gasteiger partial charge on any atom is 0.244 e. The van der Waals surface area contributed by atoms with E-state index in [2.05, 4.69) is 45.3 Å². The van der Waals surface area contributed by atoms with Crippen molar-refractivity contribution in [1.82, 2.24) is 20.2 Å². The molecule has 10 nitrogen and oxygen atoms in total. The summed E-state index contributed by atoms with van der Waals surface area (Å²) in [7, 11) is 1.70. The van der Waals surface area contributed by atoms with Gasteiger partial charge in [0.2, 0.25) is 17.8 Å². The van der Waals surface area contributed by atoms with Gasteiger partial charge in [-0.15, -0.1) is 0 Å². The predicted molar refractivity (Wildman–Crippen MR) is 151 cm³/mol. The van der Waals surface area contributed by atoms with E-state index in [9.17, 15) is 9.59 Å². The standard InChI is InChI=1S/C29H39N7O3/c1-19(2)34-12-14-35(15-13-34)23-9-8-21(16-24(23)39-3)32-28-31-18-20-17-29(10-11-30-26(29)37)27(38)36(25(20)33-28)22-6-4-5-7-22/h8-9,16,18-19,22H,4-7,10-15,17H2,1-3H3,(H,30,37)(H,31,32,33)/t29-/m1/s1. The minimum Gasteiger partial charge on any atom is -0.495 e. The van der Waals surface area contributed by atoms with E-state index in [1.165, 1.54) is 0 Å². The zero-order valence-corrected chi connectivity index (χ0v) is 23.2. The van der Waals surface area contributed by atoms with E-state index in [-0.39, 0.29) is 17.9 Å². The van der Waals surface area contributed by atoms with Crippen LogP contribution in [0, 0.1) is 5.41 Å². The van der Waals surface area contributed by atoms with Crippen molar-refractivity contribution in [2.75, 3.05) is 55.0 Å². The van der Waals surface area contributed by atoms with Crippen LogP contribution in [0.5, 0.6) is 5.75 Å². The molecule has 6 rings (SSSR count). The summed E-state index contributed by atoms with van der Waals surface area (Å²) in [6.07, 6.45) is 6.68. The lowest BCUT2D eigenvalue weighted by Gasteiger charge is -2.40. The van der Waals surface area contributed by atoms with Crippen LogP contribution in [0.25, 0.3) is 0 Å². The number of nitrogens with zero attached hydrogens (tertiary/aromatic N) is 5. The van der Waals surface area contributed by atoms with E-state index in [0.717, 1.165) is 74.6 Å². The van der Waals surface area contributed by atoms with Crippen molar-refractivity contribution in [3.63, 3.8) is 0 Å². The largest absolute Gasteiger partial charge is 0.495 e. The number of carbonyl (C=O) groups excluding carboxylic acids is 2. The second-order valence-electron chi connectivity index (χ2n) is 11.5. The lowest BCUT2D eigenvalue weighted by molar-refractivity contribution is -0.140. The van der Waals surface area contributed by atoms with E-state index in [4.69, 9.17) is 9.72 Å². The summed E-state index contributed by atoms with van der Waals surface area (Å²) < 4.78 is 5.78. The van der Waals surface area contributed by atoms with Crippen molar-refractivity contribution < 1.29 is 14.3 Å². The summed E-state index contributed by atoms with van der Waals surface area (Å²) >= 11 is 0. The highest BCUT2D eigenvalue weighted by Gasteiger charge is 2.56. The first-order valence-electron chi connectivity index (χ1n) is 14.3. The average molecular weight is 534 g/mol. The number of aromatic nitrogens is 2. The summed E-state index contributed by atoms with van der Waals surface area (Å²) in [5.41, 5.74) is 1.73. The molecule has 2 N–H and O–H groups in total. The maximum absolute atomic E-state index is 13.9. The first kappa shape index (κ1) is 25.9. The van der Waals surface area contributed by atoms with Crippen molar-refractivity contribution in [3.05, 3.63) is 30.0 Å². The van der Waals surface area contributed by atoms with Crippen molar-refractivity contribution in [3.8, 4) is 5.75 Å². The number of hydrogen-bond donors (Lipinski definition) is 2. The number of piperazine rings is 1. The number of nitrogens with one attached hydrogen (secondary N) is 2. The fraction of sp³-hybridized carbons (Fsp3) is 0.586. The van der Waals surface area contributed by atoms with E-state index >= 15 is 0 Å². The third-order valence-corrected chi connectivity index (χ3v) is 8.97. The molecule has 0 unspecified atom stereocenters. The van der Waals surface area contributed by atoms with Gasteiger partial charge in [0, 0.05) is 74.7 Å².